The van der Waals surface area contributed by atoms with E-state index >= 15 is 0 Å². The van der Waals surface area contributed by atoms with Crippen molar-refractivity contribution in [3.05, 3.63) is 49.4 Å². The Labute approximate surface area is 336 Å². The second kappa shape index (κ2) is 15.5. The van der Waals surface area contributed by atoms with Crippen molar-refractivity contribution in [2.24, 2.45) is 0 Å². The Balaban J connectivity index is 1.68. The summed E-state index contributed by atoms with van der Waals surface area (Å²) in [7, 11) is -5.58. The van der Waals surface area contributed by atoms with Crippen molar-refractivity contribution in [1.82, 2.24) is 34.5 Å². The number of hydrogen-bond acceptors (Lipinski definition) is 11. The van der Waals surface area contributed by atoms with Crippen molar-refractivity contribution < 1.29 is 27.9 Å². The van der Waals surface area contributed by atoms with Crippen molar-refractivity contribution in [3.63, 3.8) is 0 Å². The summed E-state index contributed by atoms with van der Waals surface area (Å²) in [6, 6.07) is 7.52. The van der Waals surface area contributed by atoms with E-state index in [1.54, 1.807) is 19.6 Å². The number of benzene rings is 1. The van der Waals surface area contributed by atoms with Gasteiger partial charge in [-0.05, 0) is 85.1 Å². The van der Waals surface area contributed by atoms with Crippen molar-refractivity contribution in [2.75, 3.05) is 7.11 Å². The standard InChI is InChI=1S/C40H65N7O6Si3/c1-18-19-29(51-54(12,13)38(2,3)4)31-32(52-55(14,15)39(5,6)7)33(53-56(16,17)40(8,9)10)36(50-31)46-25-41-30-34(46)42-37(43-35(30)48)47-24-28(44-45-47)26-20-22-27(49-11)23-21-26/h18,20-25,29,31-33,36H,1,19H2,2-17H3,(H,42,43,48)/t29?,31-,32-,33-,36-/m1/s1. The van der Waals surface area contributed by atoms with E-state index in [0.29, 0.717) is 17.8 Å². The molecule has 0 radical (unpaired) electrons. The highest BCUT2D eigenvalue weighted by atomic mass is 28.4. The highest BCUT2D eigenvalue weighted by Crippen LogP contribution is 2.48. The molecular formula is C40H65N7O6Si3. The van der Waals surface area contributed by atoms with Gasteiger partial charge in [-0.3, -0.25) is 4.57 Å². The molecule has 4 aromatic rings. The minimum Gasteiger partial charge on any atom is -0.497 e. The van der Waals surface area contributed by atoms with Gasteiger partial charge >= 0.3 is 0 Å². The van der Waals surface area contributed by atoms with Gasteiger partial charge in [-0.1, -0.05) is 73.6 Å². The van der Waals surface area contributed by atoms with Crippen LogP contribution in [0.1, 0.15) is 75.0 Å². The van der Waals surface area contributed by atoms with Crippen LogP contribution in [0, 0.1) is 0 Å². The lowest BCUT2D eigenvalue weighted by atomic mass is 10.0. The molecule has 1 aliphatic heterocycles. The van der Waals surface area contributed by atoms with E-state index in [1.807, 2.05) is 34.9 Å². The maximum Gasteiger partial charge on any atom is 0.257 e. The number of methoxy groups -OCH3 is 1. The van der Waals surface area contributed by atoms with Gasteiger partial charge in [0.2, 0.25) is 5.88 Å². The predicted molar refractivity (Wildman–Crippen MR) is 229 cm³/mol. The molecular weight excluding hydrogens is 759 g/mol. The van der Waals surface area contributed by atoms with Gasteiger partial charge in [0.05, 0.1) is 25.7 Å². The Hall–Kier alpha value is -3.26. The molecule has 56 heavy (non-hydrogen) atoms. The lowest BCUT2D eigenvalue weighted by molar-refractivity contribution is -0.0762. The summed E-state index contributed by atoms with van der Waals surface area (Å²) < 4.78 is 38.0. The maximum atomic E-state index is 11.3. The number of ether oxygens (including phenoxy) is 2. The van der Waals surface area contributed by atoms with Crippen LogP contribution in [0.2, 0.25) is 54.4 Å². The molecule has 3 aromatic heterocycles. The minimum absolute atomic E-state index is 0.0444. The maximum absolute atomic E-state index is 11.3. The van der Waals surface area contributed by atoms with Crippen LogP contribution in [0.25, 0.3) is 28.4 Å². The third-order valence-electron chi connectivity index (χ3n) is 12.5. The zero-order valence-corrected chi connectivity index (χ0v) is 39.5. The average molecular weight is 824 g/mol. The lowest BCUT2D eigenvalue weighted by Crippen LogP contribution is -2.56. The van der Waals surface area contributed by atoms with Gasteiger partial charge in [0.1, 0.15) is 29.8 Å². The highest BCUT2D eigenvalue weighted by Gasteiger charge is 2.57. The number of fused-ring (bicyclic) bond motifs is 1. The van der Waals surface area contributed by atoms with E-state index in [1.165, 1.54) is 4.68 Å². The van der Waals surface area contributed by atoms with Gasteiger partial charge < -0.3 is 27.9 Å². The minimum atomic E-state index is -2.47. The van der Waals surface area contributed by atoms with Crippen LogP contribution in [0.15, 0.2) is 49.4 Å². The Bertz CT molecular complexity index is 1990. The summed E-state index contributed by atoms with van der Waals surface area (Å²) in [5.41, 5.74) is 2.03. The summed E-state index contributed by atoms with van der Waals surface area (Å²) in [4.78, 5) is 13.9. The first-order chi connectivity index (χ1) is 25.7. The monoisotopic (exact) mass is 823 g/mol. The molecule has 1 aliphatic rings. The SMILES string of the molecule is C=CCC(O[Si](C)(C)C(C)(C)C)[C@H]1O[C@@H](n2cnc3c(O)nc(-n4cc(-c5ccc(OC)cc5)nn4)nc32)[C@H](O[Si](C)(C)C(C)(C)C)[C@@H]1O[Si](C)(C)C(C)(C)C. The molecule has 0 bridgehead atoms. The number of nitrogens with zero attached hydrogens (tertiary/aromatic N) is 7. The van der Waals surface area contributed by atoms with Crippen LogP contribution in [0.5, 0.6) is 11.6 Å². The summed E-state index contributed by atoms with van der Waals surface area (Å²) >= 11 is 0. The molecule has 0 saturated carbocycles. The lowest BCUT2D eigenvalue weighted by Gasteiger charge is -2.45. The molecule has 0 amide bonds. The third-order valence-corrected chi connectivity index (χ3v) is 25.9. The first-order valence-electron chi connectivity index (χ1n) is 19.5. The van der Waals surface area contributed by atoms with Crippen molar-refractivity contribution in [3.8, 4) is 28.8 Å². The smallest absolute Gasteiger partial charge is 0.257 e. The largest absolute Gasteiger partial charge is 0.497 e. The molecule has 0 spiro atoms. The van der Waals surface area contributed by atoms with Crippen LogP contribution >= 0.6 is 0 Å². The van der Waals surface area contributed by atoms with E-state index in [0.717, 1.165) is 11.3 Å². The van der Waals surface area contributed by atoms with E-state index in [4.69, 9.17) is 27.7 Å². The van der Waals surface area contributed by atoms with Crippen LogP contribution in [0.3, 0.4) is 0 Å². The second-order valence-corrected chi connectivity index (χ2v) is 33.8. The Morgan fingerprint density at radius 1 is 0.857 bits per heavy atom. The number of aromatic hydroxyl groups is 1. The van der Waals surface area contributed by atoms with E-state index in [9.17, 15) is 5.11 Å². The Kier molecular flexibility index (Phi) is 12.1. The normalized spacial score (nSPS) is 20.8. The molecule has 4 heterocycles. The van der Waals surface area contributed by atoms with Crippen LogP contribution in [-0.4, -0.2) is 96.1 Å². The van der Waals surface area contributed by atoms with Crippen LogP contribution in [0.4, 0.5) is 0 Å². The summed E-state index contributed by atoms with van der Waals surface area (Å²) in [6.45, 7) is 37.8. The van der Waals surface area contributed by atoms with Crippen molar-refractivity contribution in [2.45, 2.75) is 154 Å². The van der Waals surface area contributed by atoms with Gasteiger partial charge in [-0.15, -0.1) is 11.7 Å². The summed E-state index contributed by atoms with van der Waals surface area (Å²) in [5.74, 6) is 0.571. The number of aromatic nitrogens is 7. The van der Waals surface area contributed by atoms with Crippen molar-refractivity contribution in [1.29, 1.82) is 0 Å². The van der Waals surface area contributed by atoms with E-state index in [2.05, 4.69) is 128 Å². The zero-order valence-electron chi connectivity index (χ0n) is 36.5. The summed E-state index contributed by atoms with van der Waals surface area (Å²) in [6.07, 6.45) is 3.13. The number of rotatable bonds is 13. The molecule has 5 atom stereocenters. The fourth-order valence-corrected chi connectivity index (χ4v) is 9.81. The van der Waals surface area contributed by atoms with Crippen LogP contribution < -0.4 is 4.74 Å². The molecule has 13 nitrogen and oxygen atoms in total. The fraction of sp³-hybridized carbons (Fsp3) is 0.625. The number of hydrogen-bond donors (Lipinski definition) is 1. The Morgan fingerprint density at radius 2 is 1.43 bits per heavy atom. The quantitative estimate of drug-likeness (QED) is 0.102. The van der Waals surface area contributed by atoms with E-state index in [-0.39, 0.29) is 38.6 Å². The topological polar surface area (TPSA) is 141 Å². The average Bonchev–Trinajstić information content (AvgIpc) is 3.81. The Morgan fingerprint density at radius 3 is 1.96 bits per heavy atom. The molecule has 1 N–H and O–H groups in total. The van der Waals surface area contributed by atoms with Gasteiger partial charge in [0, 0.05) is 5.56 Å². The molecule has 1 unspecified atom stereocenters. The molecule has 16 heteroatoms. The third kappa shape index (κ3) is 8.76. The summed E-state index contributed by atoms with van der Waals surface area (Å²) in [5, 5.41) is 19.7. The van der Waals surface area contributed by atoms with E-state index < -0.39 is 49.5 Å². The first kappa shape index (κ1) is 43.9. The van der Waals surface area contributed by atoms with Crippen molar-refractivity contribution >= 4 is 36.1 Å². The molecule has 0 aliphatic carbocycles. The van der Waals surface area contributed by atoms with Crippen LogP contribution in [-0.2, 0) is 18.0 Å². The molecule has 308 valence electrons. The fourth-order valence-electron chi connectivity index (χ4n) is 5.89. The molecule has 5 rings (SSSR count). The molecule has 1 saturated heterocycles. The second-order valence-electron chi connectivity index (χ2n) is 19.6. The number of imidazole rings is 1. The van der Waals surface area contributed by atoms with Gasteiger partial charge in [-0.25, -0.2) is 4.98 Å². The highest BCUT2D eigenvalue weighted by molar-refractivity contribution is 6.75. The van der Waals surface area contributed by atoms with Gasteiger partial charge in [0.15, 0.2) is 42.3 Å². The predicted octanol–water partition coefficient (Wildman–Crippen LogP) is 9.43. The molecule has 1 aromatic carbocycles. The van der Waals surface area contributed by atoms with Gasteiger partial charge in [0.25, 0.3) is 5.95 Å². The first-order valence-corrected chi connectivity index (χ1v) is 28.2. The molecule has 1 fully saturated rings. The van der Waals surface area contributed by atoms with Gasteiger partial charge in [-0.2, -0.15) is 14.6 Å². The zero-order chi connectivity index (χ0) is 41.8.